The number of hydrogen-bond acceptors (Lipinski definition) is 11. The van der Waals surface area contributed by atoms with Gasteiger partial charge >= 0.3 is 0 Å². The third kappa shape index (κ3) is 20.4. The Morgan fingerprint density at radius 2 is 0.750 bits per heavy atom. The lowest BCUT2D eigenvalue weighted by Gasteiger charge is -2.29. The van der Waals surface area contributed by atoms with Crippen LogP contribution < -0.4 is 24.8 Å². The second-order valence-corrected chi connectivity index (χ2v) is 16.3. The van der Waals surface area contributed by atoms with E-state index in [1.807, 2.05) is 18.2 Å². The molecule has 8 N–H and O–H groups in total. The van der Waals surface area contributed by atoms with Crippen LogP contribution in [0.2, 0.25) is 0 Å². The fourth-order valence-corrected chi connectivity index (χ4v) is 6.71. The number of benzene rings is 2. The first kappa shape index (κ1) is 52.7. The van der Waals surface area contributed by atoms with Crippen molar-refractivity contribution in [3.05, 3.63) is 53.1 Å². The predicted octanol–water partition coefficient (Wildman–Crippen LogP) is 6.76. The number of unbranched alkanes of at least 4 members (excludes halogenated alkanes) is 18. The van der Waals surface area contributed by atoms with E-state index in [-0.39, 0.29) is 23.5 Å². The molecule has 0 aliphatic rings. The van der Waals surface area contributed by atoms with Crippen molar-refractivity contribution in [2.45, 2.75) is 160 Å². The summed E-state index contributed by atoms with van der Waals surface area (Å²) in [6.07, 6.45) is 24.5. The Morgan fingerprint density at radius 1 is 0.433 bits per heavy atom. The molecule has 0 spiro atoms. The molecule has 0 aliphatic carbocycles. The molecule has 2 amide bonds. The van der Waals surface area contributed by atoms with Crippen molar-refractivity contribution in [2.75, 3.05) is 52.9 Å². The van der Waals surface area contributed by atoms with Gasteiger partial charge in [-0.15, -0.1) is 0 Å². The zero-order valence-corrected chi connectivity index (χ0v) is 36.7. The Hall–Kier alpha value is -3.46. The number of amides is 2. The Bertz CT molecular complexity index is 1340. The molecular formula is C47H78N2O11. The minimum Gasteiger partial charge on any atom is -0.493 e. The van der Waals surface area contributed by atoms with E-state index < -0.39 is 62.5 Å². The van der Waals surface area contributed by atoms with Crippen LogP contribution in [0, 0.1) is 0 Å². The molecule has 2 aromatic carbocycles. The summed E-state index contributed by atoms with van der Waals surface area (Å²) < 4.78 is 18.6. The minimum atomic E-state index is -1.74. The second kappa shape index (κ2) is 31.4. The zero-order chi connectivity index (χ0) is 43.9. The van der Waals surface area contributed by atoms with Crippen LogP contribution in [0.5, 0.6) is 17.2 Å². The molecule has 60 heavy (non-hydrogen) atoms. The molecule has 13 nitrogen and oxygen atoms in total. The third-order valence-corrected chi connectivity index (χ3v) is 10.9. The van der Waals surface area contributed by atoms with Gasteiger partial charge in [-0.1, -0.05) is 129 Å². The Morgan fingerprint density at radius 3 is 1.08 bits per heavy atom. The molecule has 2 aromatic rings. The summed E-state index contributed by atoms with van der Waals surface area (Å²) in [5, 5.41) is 63.7. The van der Waals surface area contributed by atoms with Crippen LogP contribution in [0.4, 0.5) is 0 Å². The maximum absolute atomic E-state index is 13.4. The molecule has 0 aliphatic heterocycles. The monoisotopic (exact) mass is 847 g/mol. The number of ether oxygens (including phenoxy) is 3. The van der Waals surface area contributed by atoms with Crippen LogP contribution >= 0.6 is 0 Å². The van der Waals surface area contributed by atoms with Crippen LogP contribution in [0.15, 0.2) is 36.4 Å². The summed E-state index contributed by atoms with van der Waals surface area (Å²) in [4.78, 5) is 26.8. The van der Waals surface area contributed by atoms with E-state index in [2.05, 4.69) is 24.5 Å². The Labute approximate surface area is 359 Å². The van der Waals surface area contributed by atoms with E-state index in [1.54, 1.807) is 0 Å². The van der Waals surface area contributed by atoms with Crippen LogP contribution in [-0.2, 0) is 6.61 Å². The highest BCUT2D eigenvalue weighted by atomic mass is 16.5. The van der Waals surface area contributed by atoms with Crippen LogP contribution in [0.25, 0.3) is 0 Å². The molecule has 0 unspecified atom stereocenters. The van der Waals surface area contributed by atoms with Crippen molar-refractivity contribution >= 4 is 11.8 Å². The maximum atomic E-state index is 13.4. The highest BCUT2D eigenvalue weighted by Crippen LogP contribution is 2.27. The summed E-state index contributed by atoms with van der Waals surface area (Å²) in [6.45, 7) is 1.02. The summed E-state index contributed by atoms with van der Waals surface area (Å²) in [5.41, 5.74) is -2.97. The van der Waals surface area contributed by atoms with Gasteiger partial charge in [-0.2, -0.15) is 0 Å². The van der Waals surface area contributed by atoms with Gasteiger partial charge in [0.1, 0.15) is 34.9 Å². The van der Waals surface area contributed by atoms with Gasteiger partial charge in [0, 0.05) is 17.2 Å². The van der Waals surface area contributed by atoms with Crippen molar-refractivity contribution < 1.29 is 54.4 Å². The lowest BCUT2D eigenvalue weighted by molar-refractivity contribution is 0.0371. The minimum absolute atomic E-state index is 0.00206. The zero-order valence-electron chi connectivity index (χ0n) is 36.7. The number of rotatable bonds is 37. The fourth-order valence-electron chi connectivity index (χ4n) is 6.71. The molecule has 0 radical (unpaired) electrons. The molecule has 13 heteroatoms. The molecule has 2 rings (SSSR count). The standard InChI is InChI=1S/C47H78N2O11/c1-3-5-7-9-11-13-15-17-19-21-23-58-41-25-38(26-42(30-41)59-24-22-20-18-16-14-12-10-8-6-4-2)31-60-43-28-39(44(56)48-46(32-50,33-51)34-52)27-40(29-43)45(57)49-47(35-53,36-54)37-55/h25-30,50-55H,3-24,31-37H2,1-2H3,(H,48,56)(H,49,57). The topological polar surface area (TPSA) is 207 Å². The van der Waals surface area contributed by atoms with Crippen LogP contribution in [0.3, 0.4) is 0 Å². The summed E-state index contributed by atoms with van der Waals surface area (Å²) in [5.74, 6) is -0.272. The summed E-state index contributed by atoms with van der Waals surface area (Å²) in [6, 6.07) is 9.57. The summed E-state index contributed by atoms with van der Waals surface area (Å²) in [7, 11) is 0. The average molecular weight is 847 g/mol. The van der Waals surface area contributed by atoms with Gasteiger partial charge in [0.25, 0.3) is 11.8 Å². The number of aliphatic hydroxyl groups is 6. The third-order valence-electron chi connectivity index (χ3n) is 10.9. The number of hydrogen-bond donors (Lipinski definition) is 8. The molecule has 342 valence electrons. The van der Waals surface area contributed by atoms with E-state index in [4.69, 9.17) is 14.2 Å². The second-order valence-electron chi connectivity index (χ2n) is 16.3. The van der Waals surface area contributed by atoms with Crippen LogP contribution in [0.1, 0.15) is 169 Å². The van der Waals surface area contributed by atoms with Gasteiger partial charge in [0.15, 0.2) is 0 Å². The fraction of sp³-hybridized carbons (Fsp3) is 0.702. The van der Waals surface area contributed by atoms with Gasteiger partial charge in [-0.3, -0.25) is 9.59 Å². The van der Waals surface area contributed by atoms with Gasteiger partial charge in [-0.05, 0) is 48.7 Å². The number of nitrogens with one attached hydrogen (secondary N) is 2. The molecule has 0 bridgehead atoms. The number of carbonyl (C=O) groups excluding carboxylic acids is 2. The SMILES string of the molecule is CCCCCCCCCCCCOc1cc(COc2cc(C(=O)NC(CO)(CO)CO)cc(C(=O)NC(CO)(CO)CO)c2)cc(OCCCCCCCCCCCC)c1. The van der Waals surface area contributed by atoms with Crippen molar-refractivity contribution in [1.29, 1.82) is 0 Å². The molecular weight excluding hydrogens is 769 g/mol. The van der Waals surface area contributed by atoms with Crippen molar-refractivity contribution in [3.8, 4) is 17.2 Å². The predicted molar refractivity (Wildman–Crippen MR) is 235 cm³/mol. The van der Waals surface area contributed by atoms with E-state index in [0.29, 0.717) is 30.3 Å². The van der Waals surface area contributed by atoms with Gasteiger partial charge in [0.05, 0.1) is 52.9 Å². The first-order valence-electron chi connectivity index (χ1n) is 22.6. The van der Waals surface area contributed by atoms with Gasteiger partial charge in [-0.25, -0.2) is 0 Å². The molecule has 0 atom stereocenters. The largest absolute Gasteiger partial charge is 0.493 e. The molecule has 0 saturated heterocycles. The highest BCUT2D eigenvalue weighted by molar-refractivity contribution is 6.01. The molecule has 0 heterocycles. The van der Waals surface area contributed by atoms with Crippen molar-refractivity contribution in [3.63, 3.8) is 0 Å². The van der Waals surface area contributed by atoms with E-state index in [1.165, 1.54) is 121 Å². The van der Waals surface area contributed by atoms with Gasteiger partial charge < -0.3 is 55.5 Å². The Kier molecular flexibility index (Phi) is 27.6. The normalized spacial score (nSPS) is 11.7. The maximum Gasteiger partial charge on any atom is 0.252 e. The highest BCUT2D eigenvalue weighted by Gasteiger charge is 2.33. The van der Waals surface area contributed by atoms with Crippen molar-refractivity contribution in [1.82, 2.24) is 10.6 Å². The smallest absolute Gasteiger partial charge is 0.252 e. The lowest BCUT2D eigenvalue weighted by atomic mass is 10.0. The van der Waals surface area contributed by atoms with E-state index in [0.717, 1.165) is 25.7 Å². The first-order valence-corrected chi connectivity index (χ1v) is 22.6. The summed E-state index contributed by atoms with van der Waals surface area (Å²) >= 11 is 0. The Balaban J connectivity index is 2.21. The first-order chi connectivity index (χ1) is 29.2. The van der Waals surface area contributed by atoms with Crippen LogP contribution in [-0.4, -0.2) is 106 Å². The molecule has 0 fully saturated rings. The van der Waals surface area contributed by atoms with Crippen molar-refractivity contribution in [2.24, 2.45) is 0 Å². The average Bonchev–Trinajstić information content (AvgIpc) is 3.27. The lowest BCUT2D eigenvalue weighted by Crippen LogP contribution is -2.57. The molecule has 0 saturated carbocycles. The van der Waals surface area contributed by atoms with Gasteiger partial charge in [0.2, 0.25) is 0 Å². The number of aliphatic hydroxyl groups excluding tert-OH is 6. The van der Waals surface area contributed by atoms with E-state index in [9.17, 15) is 40.2 Å². The van der Waals surface area contributed by atoms with E-state index >= 15 is 0 Å². The molecule has 0 aromatic heterocycles. The number of carbonyl (C=O) groups is 2. The quantitative estimate of drug-likeness (QED) is 0.0334.